The van der Waals surface area contributed by atoms with Gasteiger partial charge >= 0.3 is 0 Å². The lowest BCUT2D eigenvalue weighted by Gasteiger charge is -2.23. The lowest BCUT2D eigenvalue weighted by atomic mass is 10.2. The maximum Gasteiger partial charge on any atom is 0.245 e. The molecule has 0 aliphatic rings. The molecule has 2 aromatic rings. The normalized spacial score (nSPS) is 11.1. The minimum absolute atomic E-state index is 0.0405. The highest BCUT2D eigenvalue weighted by Gasteiger charge is 2.24. The van der Waals surface area contributed by atoms with E-state index in [1.165, 1.54) is 26.4 Å². The molecule has 0 aliphatic carbocycles. The molecule has 0 aliphatic heterocycles. The Kier molecular flexibility index (Phi) is 7.28. The van der Waals surface area contributed by atoms with Gasteiger partial charge in [-0.15, -0.1) is 0 Å². The predicted octanol–water partition coefficient (Wildman–Crippen LogP) is 4.07. The van der Waals surface area contributed by atoms with Crippen LogP contribution in [-0.2, 0) is 14.8 Å². The molecule has 1 amide bonds. The number of amides is 1. The fraction of sp³-hybridized carbons (Fsp3) is 0.235. The number of rotatable bonds is 7. The highest BCUT2D eigenvalue weighted by atomic mass is 35.5. The maximum atomic E-state index is 12.5. The summed E-state index contributed by atoms with van der Waals surface area (Å²) in [5, 5.41) is 2.92. The summed E-state index contributed by atoms with van der Waals surface area (Å²) < 4.78 is 35.6. The van der Waals surface area contributed by atoms with E-state index in [-0.39, 0.29) is 20.8 Å². The van der Waals surface area contributed by atoms with Crippen LogP contribution in [0.1, 0.15) is 0 Å². The zero-order chi connectivity index (χ0) is 21.1. The van der Waals surface area contributed by atoms with Gasteiger partial charge in [-0.05, 0) is 24.3 Å². The molecule has 152 valence electrons. The van der Waals surface area contributed by atoms with Crippen molar-refractivity contribution < 1.29 is 22.7 Å². The van der Waals surface area contributed by atoms with E-state index in [4.69, 9.17) is 44.3 Å². The Balaban J connectivity index is 2.29. The molecule has 0 spiro atoms. The fourth-order valence-corrected chi connectivity index (χ4v) is 3.88. The van der Waals surface area contributed by atoms with Crippen LogP contribution in [0, 0.1) is 0 Å². The minimum atomic E-state index is -3.84. The van der Waals surface area contributed by atoms with Crippen LogP contribution in [0.5, 0.6) is 11.5 Å². The van der Waals surface area contributed by atoms with Gasteiger partial charge in [-0.25, -0.2) is 8.42 Å². The third-order valence-electron chi connectivity index (χ3n) is 3.61. The average Bonchev–Trinajstić information content (AvgIpc) is 2.62. The van der Waals surface area contributed by atoms with Crippen molar-refractivity contribution >= 4 is 62.1 Å². The standard InChI is InChI=1S/C17H17Cl3N2O5S/c1-26-15-5-4-10(6-16(15)27-2)21-17(23)9-22(28(3,24)25)14-8-12(19)11(18)7-13(14)20/h4-8H,9H2,1-3H3,(H,21,23). The van der Waals surface area contributed by atoms with Gasteiger partial charge < -0.3 is 14.8 Å². The summed E-state index contributed by atoms with van der Waals surface area (Å²) in [6.07, 6.45) is 0.954. The van der Waals surface area contributed by atoms with Gasteiger partial charge in [0.1, 0.15) is 6.54 Å². The maximum absolute atomic E-state index is 12.5. The largest absolute Gasteiger partial charge is 0.493 e. The highest BCUT2D eigenvalue weighted by Crippen LogP contribution is 2.35. The molecule has 7 nitrogen and oxygen atoms in total. The highest BCUT2D eigenvalue weighted by molar-refractivity contribution is 7.92. The van der Waals surface area contributed by atoms with Crippen molar-refractivity contribution in [2.45, 2.75) is 0 Å². The molecule has 0 aromatic heterocycles. The number of methoxy groups -OCH3 is 2. The van der Waals surface area contributed by atoms with E-state index in [0.29, 0.717) is 17.2 Å². The van der Waals surface area contributed by atoms with Crippen molar-refractivity contribution in [1.29, 1.82) is 0 Å². The summed E-state index contributed by atoms with van der Waals surface area (Å²) in [6.45, 7) is -0.523. The van der Waals surface area contributed by atoms with Crippen LogP contribution in [-0.4, -0.2) is 41.3 Å². The van der Waals surface area contributed by atoms with Crippen LogP contribution in [0.15, 0.2) is 30.3 Å². The van der Waals surface area contributed by atoms with Gasteiger partial charge in [0.05, 0.1) is 41.2 Å². The molecule has 0 saturated heterocycles. The summed E-state index contributed by atoms with van der Waals surface area (Å²) in [4.78, 5) is 12.5. The van der Waals surface area contributed by atoms with Crippen molar-refractivity contribution in [2.75, 3.05) is 36.6 Å². The quantitative estimate of drug-likeness (QED) is 0.621. The number of hydrogen-bond donors (Lipinski definition) is 1. The topological polar surface area (TPSA) is 84.9 Å². The molecule has 0 heterocycles. The third-order valence-corrected chi connectivity index (χ3v) is 5.76. The number of nitrogens with zero attached hydrogens (tertiary/aromatic N) is 1. The minimum Gasteiger partial charge on any atom is -0.493 e. The second-order valence-corrected chi connectivity index (χ2v) is 8.73. The average molecular weight is 468 g/mol. The van der Waals surface area contributed by atoms with E-state index in [1.807, 2.05) is 0 Å². The van der Waals surface area contributed by atoms with Gasteiger partial charge in [-0.2, -0.15) is 0 Å². The summed E-state index contributed by atoms with van der Waals surface area (Å²) in [7, 11) is -0.893. The van der Waals surface area contributed by atoms with Crippen LogP contribution in [0.3, 0.4) is 0 Å². The van der Waals surface area contributed by atoms with Crippen molar-refractivity contribution in [2.24, 2.45) is 0 Å². The molecule has 0 radical (unpaired) electrons. The first kappa shape index (κ1) is 22.4. The molecule has 2 aromatic carbocycles. The molecule has 0 unspecified atom stereocenters. The SMILES string of the molecule is COc1ccc(NC(=O)CN(c2cc(Cl)c(Cl)cc2Cl)S(C)(=O)=O)cc1OC. The Hall–Kier alpha value is -1.87. The van der Waals surface area contributed by atoms with Crippen LogP contribution in [0.4, 0.5) is 11.4 Å². The molecule has 0 fully saturated rings. The smallest absolute Gasteiger partial charge is 0.245 e. The Labute approximate surface area is 178 Å². The number of anilines is 2. The van der Waals surface area contributed by atoms with Crippen LogP contribution in [0.25, 0.3) is 0 Å². The Morgan fingerprint density at radius 1 is 1.00 bits per heavy atom. The van der Waals surface area contributed by atoms with Gasteiger partial charge in [0.25, 0.3) is 0 Å². The predicted molar refractivity (Wildman–Crippen MR) is 112 cm³/mol. The lowest BCUT2D eigenvalue weighted by Crippen LogP contribution is -2.37. The number of nitrogens with one attached hydrogen (secondary N) is 1. The monoisotopic (exact) mass is 466 g/mol. The molecule has 0 atom stereocenters. The molecule has 2 rings (SSSR count). The molecular formula is C17H17Cl3N2O5S. The Morgan fingerprint density at radius 3 is 2.18 bits per heavy atom. The van der Waals surface area contributed by atoms with Crippen molar-refractivity contribution in [3.63, 3.8) is 0 Å². The first-order chi connectivity index (χ1) is 13.1. The van der Waals surface area contributed by atoms with E-state index < -0.39 is 22.5 Å². The Bertz CT molecular complexity index is 999. The van der Waals surface area contributed by atoms with E-state index in [2.05, 4.69) is 5.32 Å². The van der Waals surface area contributed by atoms with Crippen molar-refractivity contribution in [1.82, 2.24) is 0 Å². The van der Waals surface area contributed by atoms with Crippen molar-refractivity contribution in [3.8, 4) is 11.5 Å². The van der Waals surface area contributed by atoms with Gasteiger partial charge in [0.15, 0.2) is 11.5 Å². The number of hydrogen-bond acceptors (Lipinski definition) is 5. The number of carbonyl (C=O) groups is 1. The number of benzene rings is 2. The second-order valence-electron chi connectivity index (χ2n) is 5.61. The van der Waals surface area contributed by atoms with Gasteiger partial charge in [-0.1, -0.05) is 34.8 Å². The zero-order valence-corrected chi connectivity index (χ0v) is 18.2. The van der Waals surface area contributed by atoms with E-state index in [0.717, 1.165) is 10.6 Å². The molecule has 0 saturated carbocycles. The van der Waals surface area contributed by atoms with E-state index in [1.54, 1.807) is 18.2 Å². The molecule has 28 heavy (non-hydrogen) atoms. The molecule has 11 heteroatoms. The third kappa shape index (κ3) is 5.35. The summed E-state index contributed by atoms with van der Waals surface area (Å²) in [6, 6.07) is 7.35. The molecule has 1 N–H and O–H groups in total. The number of carbonyl (C=O) groups excluding carboxylic acids is 1. The molecule has 0 bridgehead atoms. The lowest BCUT2D eigenvalue weighted by molar-refractivity contribution is -0.114. The first-order valence-electron chi connectivity index (χ1n) is 7.71. The second kappa shape index (κ2) is 9.09. The number of sulfonamides is 1. The number of ether oxygens (including phenoxy) is 2. The van der Waals surface area contributed by atoms with Gasteiger partial charge in [-0.3, -0.25) is 9.10 Å². The fourth-order valence-electron chi connectivity index (χ4n) is 2.33. The van der Waals surface area contributed by atoms with Gasteiger partial charge in [0, 0.05) is 11.8 Å². The summed E-state index contributed by atoms with van der Waals surface area (Å²) in [5.41, 5.74) is 0.442. The number of halogens is 3. The van der Waals surface area contributed by atoms with Crippen LogP contribution >= 0.6 is 34.8 Å². The molecular weight excluding hydrogens is 451 g/mol. The first-order valence-corrected chi connectivity index (χ1v) is 10.7. The Morgan fingerprint density at radius 2 is 1.61 bits per heavy atom. The van der Waals surface area contributed by atoms with Crippen LogP contribution in [0.2, 0.25) is 15.1 Å². The van der Waals surface area contributed by atoms with Crippen molar-refractivity contribution in [3.05, 3.63) is 45.4 Å². The van der Waals surface area contributed by atoms with Crippen LogP contribution < -0.4 is 19.1 Å². The summed E-state index contributed by atoms with van der Waals surface area (Å²) in [5.74, 6) is 0.299. The van der Waals surface area contributed by atoms with E-state index in [9.17, 15) is 13.2 Å². The summed E-state index contributed by atoms with van der Waals surface area (Å²) >= 11 is 18.0. The van der Waals surface area contributed by atoms with Gasteiger partial charge in [0.2, 0.25) is 15.9 Å². The van der Waals surface area contributed by atoms with E-state index >= 15 is 0 Å². The zero-order valence-electron chi connectivity index (χ0n) is 15.1.